The summed E-state index contributed by atoms with van der Waals surface area (Å²) in [7, 11) is 0. The zero-order valence-corrected chi connectivity index (χ0v) is 19.1. The van der Waals surface area contributed by atoms with E-state index in [9.17, 15) is 14.0 Å². The van der Waals surface area contributed by atoms with Crippen LogP contribution < -0.4 is 5.32 Å². The van der Waals surface area contributed by atoms with Gasteiger partial charge in [-0.3, -0.25) is 9.59 Å². The van der Waals surface area contributed by atoms with Gasteiger partial charge in [0.1, 0.15) is 17.1 Å². The minimum atomic E-state index is -1.12. The molecule has 1 N–H and O–H groups in total. The van der Waals surface area contributed by atoms with Crippen LogP contribution in [0.4, 0.5) is 4.39 Å². The summed E-state index contributed by atoms with van der Waals surface area (Å²) in [6.07, 6.45) is 6.54. The number of rotatable bonds is 4. The summed E-state index contributed by atoms with van der Waals surface area (Å²) in [5, 5.41) is 5.24. The molecule has 0 bridgehead atoms. The molecule has 2 amide bonds. The van der Waals surface area contributed by atoms with Crippen LogP contribution in [0, 0.1) is 5.82 Å². The lowest BCUT2D eigenvalue weighted by Crippen LogP contribution is -2.64. The molecule has 7 heteroatoms. The summed E-state index contributed by atoms with van der Waals surface area (Å²) in [5.74, 6) is -0.757. The number of benzene rings is 1. The molecule has 1 fully saturated rings. The highest BCUT2D eigenvalue weighted by molar-refractivity contribution is 7.17. The SMILES string of the molecule is C[C@@]1(C(=O)NC2CCCCCC2)Cn2c(cc3sccc32)C(=O)N1Cc1ccccc1F. The molecule has 0 spiro atoms. The van der Waals surface area contributed by atoms with Crippen molar-refractivity contribution in [2.75, 3.05) is 0 Å². The van der Waals surface area contributed by atoms with Crippen molar-refractivity contribution >= 4 is 33.4 Å². The van der Waals surface area contributed by atoms with E-state index in [-0.39, 0.29) is 30.2 Å². The van der Waals surface area contributed by atoms with E-state index in [4.69, 9.17) is 0 Å². The summed E-state index contributed by atoms with van der Waals surface area (Å²) in [6.45, 7) is 2.22. The zero-order chi connectivity index (χ0) is 22.3. The normalized spacial score (nSPS) is 22.1. The third-order valence-electron chi connectivity index (χ3n) is 7.01. The van der Waals surface area contributed by atoms with Crippen molar-refractivity contribution in [1.82, 2.24) is 14.8 Å². The maximum atomic E-state index is 14.5. The standard InChI is InChI=1S/C25H28FN3O2S/c1-25(24(31)27-18-9-4-2-3-5-10-18)16-28-20-12-13-32-22(20)14-21(28)23(30)29(25)15-17-8-6-7-11-19(17)26/h6-8,11-14,18H,2-5,9-10,15-16H2,1H3,(H,27,31)/t25-/m0/s1. The van der Waals surface area contributed by atoms with Crippen molar-refractivity contribution in [3.8, 4) is 0 Å². The number of fused-ring (bicyclic) bond motifs is 3. The zero-order valence-electron chi connectivity index (χ0n) is 18.3. The Balaban J connectivity index is 1.53. The summed E-state index contributed by atoms with van der Waals surface area (Å²) < 4.78 is 17.5. The Labute approximate surface area is 191 Å². The van der Waals surface area contributed by atoms with Gasteiger partial charge in [0.15, 0.2) is 0 Å². The van der Waals surface area contributed by atoms with Gasteiger partial charge in [0.2, 0.25) is 5.91 Å². The number of nitrogens with one attached hydrogen (secondary N) is 1. The molecular formula is C25H28FN3O2S. The van der Waals surface area contributed by atoms with E-state index in [0.29, 0.717) is 17.8 Å². The number of amides is 2. The Morgan fingerprint density at radius 1 is 1.19 bits per heavy atom. The molecule has 3 aromatic rings. The molecule has 1 aliphatic heterocycles. The van der Waals surface area contributed by atoms with Crippen LogP contribution in [0.1, 0.15) is 61.5 Å². The average molecular weight is 454 g/mol. The number of nitrogens with zero attached hydrogens (tertiary/aromatic N) is 2. The van der Waals surface area contributed by atoms with Gasteiger partial charge >= 0.3 is 0 Å². The summed E-state index contributed by atoms with van der Waals surface area (Å²) in [6, 6.07) is 10.5. The molecule has 168 valence electrons. The van der Waals surface area contributed by atoms with Crippen molar-refractivity contribution in [3.05, 3.63) is 58.9 Å². The van der Waals surface area contributed by atoms with E-state index in [1.54, 1.807) is 34.4 Å². The second-order valence-corrected chi connectivity index (χ2v) is 10.2. The van der Waals surface area contributed by atoms with Crippen LogP contribution in [0.25, 0.3) is 10.2 Å². The summed E-state index contributed by atoms with van der Waals surface area (Å²) in [5.41, 5.74) is 0.823. The molecule has 1 atom stereocenters. The maximum absolute atomic E-state index is 14.5. The third kappa shape index (κ3) is 3.62. The van der Waals surface area contributed by atoms with Gasteiger partial charge in [-0.05, 0) is 43.3 Å². The first-order valence-corrected chi connectivity index (χ1v) is 12.3. The Morgan fingerprint density at radius 2 is 1.94 bits per heavy atom. The smallest absolute Gasteiger partial charge is 0.271 e. The van der Waals surface area contributed by atoms with Crippen LogP contribution >= 0.6 is 11.3 Å². The predicted octanol–water partition coefficient (Wildman–Crippen LogP) is 5.10. The molecule has 5 rings (SSSR count). The van der Waals surface area contributed by atoms with E-state index in [0.717, 1.165) is 35.9 Å². The second-order valence-electron chi connectivity index (χ2n) is 9.20. The van der Waals surface area contributed by atoms with Crippen LogP contribution in [0.2, 0.25) is 0 Å². The van der Waals surface area contributed by atoms with Crippen LogP contribution in [0.3, 0.4) is 0 Å². The van der Waals surface area contributed by atoms with Gasteiger partial charge in [-0.2, -0.15) is 0 Å². The fourth-order valence-electron chi connectivity index (χ4n) is 5.08. The highest BCUT2D eigenvalue weighted by atomic mass is 32.1. The molecule has 1 aliphatic carbocycles. The first-order valence-electron chi connectivity index (χ1n) is 11.4. The van der Waals surface area contributed by atoms with Gasteiger partial charge in [-0.25, -0.2) is 4.39 Å². The van der Waals surface area contributed by atoms with Crippen molar-refractivity contribution in [1.29, 1.82) is 0 Å². The van der Waals surface area contributed by atoms with Crippen molar-refractivity contribution in [2.24, 2.45) is 0 Å². The second kappa shape index (κ2) is 8.35. The Kier molecular flexibility index (Phi) is 5.53. The minimum absolute atomic E-state index is 0.0545. The topological polar surface area (TPSA) is 54.3 Å². The van der Waals surface area contributed by atoms with Crippen molar-refractivity contribution < 1.29 is 14.0 Å². The fraction of sp³-hybridized carbons (Fsp3) is 0.440. The Bertz CT molecular complexity index is 1160. The first-order chi connectivity index (χ1) is 15.5. The minimum Gasteiger partial charge on any atom is -0.351 e. The van der Waals surface area contributed by atoms with Gasteiger partial charge in [-0.15, -0.1) is 11.3 Å². The Hall–Kier alpha value is -2.67. The average Bonchev–Trinajstić information content (AvgIpc) is 3.27. The van der Waals surface area contributed by atoms with Gasteiger partial charge < -0.3 is 14.8 Å². The van der Waals surface area contributed by atoms with Gasteiger partial charge in [0.25, 0.3) is 5.91 Å². The van der Waals surface area contributed by atoms with E-state index in [1.165, 1.54) is 18.9 Å². The van der Waals surface area contributed by atoms with Crippen LogP contribution in [0.5, 0.6) is 0 Å². The fourth-order valence-corrected chi connectivity index (χ4v) is 5.90. The van der Waals surface area contributed by atoms with E-state index in [1.807, 2.05) is 29.0 Å². The largest absolute Gasteiger partial charge is 0.351 e. The molecule has 2 aliphatic rings. The summed E-state index contributed by atoms with van der Waals surface area (Å²) in [4.78, 5) is 29.0. The molecule has 0 saturated heterocycles. The van der Waals surface area contributed by atoms with Gasteiger partial charge in [0.05, 0.1) is 23.3 Å². The van der Waals surface area contributed by atoms with E-state index >= 15 is 0 Å². The van der Waals surface area contributed by atoms with E-state index in [2.05, 4.69) is 5.32 Å². The molecular weight excluding hydrogens is 425 g/mol. The van der Waals surface area contributed by atoms with E-state index < -0.39 is 5.54 Å². The Morgan fingerprint density at radius 3 is 2.69 bits per heavy atom. The number of halogens is 1. The highest BCUT2D eigenvalue weighted by Crippen LogP contribution is 2.35. The molecule has 0 radical (unpaired) electrons. The van der Waals surface area contributed by atoms with Gasteiger partial charge in [0, 0.05) is 11.6 Å². The number of hydrogen-bond donors (Lipinski definition) is 1. The molecule has 3 heterocycles. The monoisotopic (exact) mass is 453 g/mol. The molecule has 0 unspecified atom stereocenters. The molecule has 5 nitrogen and oxygen atoms in total. The third-order valence-corrected chi connectivity index (χ3v) is 7.87. The van der Waals surface area contributed by atoms with Crippen molar-refractivity contribution in [2.45, 2.75) is 70.1 Å². The number of carbonyl (C=O) groups excluding carboxylic acids is 2. The molecule has 1 saturated carbocycles. The quantitative estimate of drug-likeness (QED) is 0.559. The molecule has 32 heavy (non-hydrogen) atoms. The number of carbonyl (C=O) groups is 2. The summed E-state index contributed by atoms with van der Waals surface area (Å²) >= 11 is 1.58. The van der Waals surface area contributed by atoms with Gasteiger partial charge in [-0.1, -0.05) is 43.9 Å². The predicted molar refractivity (Wildman–Crippen MR) is 124 cm³/mol. The highest BCUT2D eigenvalue weighted by Gasteiger charge is 2.48. The lowest BCUT2D eigenvalue weighted by Gasteiger charge is -2.44. The van der Waals surface area contributed by atoms with Crippen LogP contribution in [0.15, 0.2) is 41.8 Å². The number of aromatic nitrogens is 1. The van der Waals surface area contributed by atoms with Crippen LogP contribution in [-0.2, 0) is 17.9 Å². The van der Waals surface area contributed by atoms with Crippen molar-refractivity contribution in [3.63, 3.8) is 0 Å². The number of thiophene rings is 1. The number of hydrogen-bond acceptors (Lipinski definition) is 3. The lowest BCUT2D eigenvalue weighted by molar-refractivity contribution is -0.134. The maximum Gasteiger partial charge on any atom is 0.271 e. The van der Waals surface area contributed by atoms with Crippen LogP contribution in [-0.4, -0.2) is 32.9 Å². The first kappa shape index (κ1) is 21.2. The molecule has 1 aromatic carbocycles. The molecule has 2 aromatic heterocycles. The lowest BCUT2D eigenvalue weighted by atomic mass is 9.93.